The van der Waals surface area contributed by atoms with Gasteiger partial charge in [-0.2, -0.15) is 0 Å². The molecule has 4 nitrogen and oxygen atoms in total. The van der Waals surface area contributed by atoms with Crippen molar-refractivity contribution in [1.29, 1.82) is 0 Å². The van der Waals surface area contributed by atoms with E-state index in [0.29, 0.717) is 0 Å². The summed E-state index contributed by atoms with van der Waals surface area (Å²) in [5.74, 6) is 4.61. The fourth-order valence-electron chi connectivity index (χ4n) is 1.08. The van der Waals surface area contributed by atoms with Crippen LogP contribution in [-0.4, -0.2) is 26.2 Å². The zero-order chi connectivity index (χ0) is 12.7. The third-order valence-electron chi connectivity index (χ3n) is 2.01. The minimum atomic E-state index is -3.31. The van der Waals surface area contributed by atoms with E-state index in [-0.39, 0.29) is 6.16 Å². The Morgan fingerprint density at radius 2 is 1.82 bits per heavy atom. The van der Waals surface area contributed by atoms with Gasteiger partial charge in [0.2, 0.25) is 5.78 Å². The van der Waals surface area contributed by atoms with Crippen LogP contribution in [-0.2, 0) is 18.4 Å². The van der Waals surface area contributed by atoms with E-state index in [1.807, 2.05) is 18.2 Å². The van der Waals surface area contributed by atoms with Crippen LogP contribution in [0.5, 0.6) is 0 Å². The first-order chi connectivity index (χ1) is 8.09. The Morgan fingerprint density at radius 3 is 2.35 bits per heavy atom. The van der Waals surface area contributed by atoms with Crippen LogP contribution in [0.2, 0.25) is 0 Å². The van der Waals surface area contributed by atoms with Gasteiger partial charge in [-0.3, -0.25) is 9.36 Å². The average molecular weight is 252 g/mol. The minimum absolute atomic E-state index is 0.333. The number of Topliss-reactive ketones (excluding diaryl/α,β-unsaturated/α-hetero) is 1. The van der Waals surface area contributed by atoms with E-state index in [1.165, 1.54) is 14.2 Å². The van der Waals surface area contributed by atoms with E-state index in [1.54, 1.807) is 12.1 Å². The fraction of sp³-hybridized carbons (Fsp3) is 0.250. The van der Waals surface area contributed by atoms with Gasteiger partial charge in [0.05, 0.1) is 0 Å². The van der Waals surface area contributed by atoms with Crippen LogP contribution in [0.4, 0.5) is 0 Å². The maximum atomic E-state index is 11.6. The lowest BCUT2D eigenvalue weighted by Crippen LogP contribution is -2.05. The molecule has 0 saturated heterocycles. The van der Waals surface area contributed by atoms with E-state index < -0.39 is 13.4 Å². The number of hydrogen-bond donors (Lipinski definition) is 0. The first-order valence-electron chi connectivity index (χ1n) is 4.90. The summed E-state index contributed by atoms with van der Waals surface area (Å²) in [4.78, 5) is 11.4. The molecule has 0 amide bonds. The summed E-state index contributed by atoms with van der Waals surface area (Å²) in [5.41, 5.74) is 0.727. The molecule has 0 bridgehead atoms. The van der Waals surface area contributed by atoms with Crippen LogP contribution in [0.1, 0.15) is 5.56 Å². The Hall–Kier alpha value is -1.40. The highest BCUT2D eigenvalue weighted by Gasteiger charge is 2.24. The molecule has 0 aliphatic carbocycles. The predicted octanol–water partition coefficient (Wildman–Crippen LogP) is 2.09. The smallest absolute Gasteiger partial charge is 0.312 e. The monoisotopic (exact) mass is 252 g/mol. The Morgan fingerprint density at radius 1 is 1.24 bits per heavy atom. The maximum absolute atomic E-state index is 11.6. The molecule has 0 saturated carbocycles. The van der Waals surface area contributed by atoms with Crippen LogP contribution >= 0.6 is 7.60 Å². The van der Waals surface area contributed by atoms with Gasteiger partial charge in [0.1, 0.15) is 6.16 Å². The molecule has 0 unspecified atom stereocenters. The second-order valence-electron chi connectivity index (χ2n) is 3.17. The van der Waals surface area contributed by atoms with Gasteiger partial charge in [0, 0.05) is 19.8 Å². The number of benzene rings is 1. The SMILES string of the molecule is COP(=O)(CC(=O)C#Cc1ccccc1)OC. The van der Waals surface area contributed by atoms with Gasteiger partial charge in [0.15, 0.2) is 0 Å². The van der Waals surface area contributed by atoms with E-state index >= 15 is 0 Å². The third kappa shape index (κ3) is 4.54. The maximum Gasteiger partial charge on any atom is 0.338 e. The molecule has 0 aromatic heterocycles. The fourth-order valence-corrected chi connectivity index (χ4v) is 1.92. The molecule has 0 N–H and O–H groups in total. The zero-order valence-electron chi connectivity index (χ0n) is 9.67. The van der Waals surface area contributed by atoms with E-state index in [2.05, 4.69) is 20.9 Å². The highest BCUT2D eigenvalue weighted by molar-refractivity contribution is 7.54. The van der Waals surface area contributed by atoms with Crippen molar-refractivity contribution in [3.05, 3.63) is 35.9 Å². The minimum Gasteiger partial charge on any atom is -0.312 e. The van der Waals surface area contributed by atoms with Crippen molar-refractivity contribution < 1.29 is 18.4 Å². The van der Waals surface area contributed by atoms with Gasteiger partial charge in [-0.1, -0.05) is 24.1 Å². The standard InChI is InChI=1S/C12H13O4P/c1-15-17(14,16-2)10-12(13)9-8-11-6-4-3-5-7-11/h3-7H,10H2,1-2H3. The lowest BCUT2D eigenvalue weighted by atomic mass is 10.2. The second kappa shape index (κ2) is 6.36. The summed E-state index contributed by atoms with van der Waals surface area (Å²) in [6.45, 7) is 0. The van der Waals surface area contributed by atoms with Crippen molar-refractivity contribution in [2.24, 2.45) is 0 Å². The molecule has 0 fully saturated rings. The Labute approximate surface area is 100 Å². The lowest BCUT2D eigenvalue weighted by molar-refractivity contribution is -0.111. The average Bonchev–Trinajstić information content (AvgIpc) is 2.37. The second-order valence-corrected chi connectivity index (χ2v) is 5.44. The Bertz CT molecular complexity index is 476. The van der Waals surface area contributed by atoms with Gasteiger partial charge in [-0.05, 0) is 18.1 Å². The molecular weight excluding hydrogens is 239 g/mol. The van der Waals surface area contributed by atoms with Gasteiger partial charge < -0.3 is 9.05 Å². The Balaban J connectivity index is 2.69. The number of ketones is 1. The lowest BCUT2D eigenvalue weighted by Gasteiger charge is -2.10. The predicted molar refractivity (Wildman–Crippen MR) is 64.8 cm³/mol. The number of carbonyl (C=O) groups is 1. The molecule has 5 heteroatoms. The van der Waals surface area contributed by atoms with Gasteiger partial charge in [-0.25, -0.2) is 0 Å². The van der Waals surface area contributed by atoms with Crippen molar-refractivity contribution in [3.63, 3.8) is 0 Å². The highest BCUT2D eigenvalue weighted by Crippen LogP contribution is 2.45. The summed E-state index contributed by atoms with van der Waals surface area (Å²) < 4.78 is 20.9. The molecule has 0 heterocycles. The summed E-state index contributed by atoms with van der Waals surface area (Å²) in [6, 6.07) is 9.07. The van der Waals surface area contributed by atoms with Crippen LogP contribution in [0.3, 0.4) is 0 Å². The van der Waals surface area contributed by atoms with Crippen molar-refractivity contribution in [2.75, 3.05) is 20.4 Å². The van der Waals surface area contributed by atoms with Crippen molar-refractivity contribution >= 4 is 13.4 Å². The van der Waals surface area contributed by atoms with Crippen LogP contribution in [0.25, 0.3) is 0 Å². The summed E-state index contributed by atoms with van der Waals surface area (Å²) in [5, 5.41) is 0. The van der Waals surface area contributed by atoms with Crippen LogP contribution in [0.15, 0.2) is 30.3 Å². The summed E-state index contributed by atoms with van der Waals surface area (Å²) in [7, 11) is -0.834. The summed E-state index contributed by atoms with van der Waals surface area (Å²) in [6.07, 6.45) is -0.333. The van der Waals surface area contributed by atoms with Gasteiger partial charge in [-0.15, -0.1) is 0 Å². The van der Waals surface area contributed by atoms with E-state index in [9.17, 15) is 9.36 Å². The van der Waals surface area contributed by atoms with E-state index in [4.69, 9.17) is 0 Å². The van der Waals surface area contributed by atoms with Crippen molar-refractivity contribution in [1.82, 2.24) is 0 Å². The number of rotatable bonds is 4. The molecule has 0 atom stereocenters. The molecule has 0 aliphatic rings. The molecular formula is C12H13O4P. The molecule has 1 aromatic rings. The molecule has 0 radical (unpaired) electrons. The Kier molecular flexibility index (Phi) is 5.11. The van der Waals surface area contributed by atoms with Gasteiger partial charge >= 0.3 is 7.60 Å². The first-order valence-corrected chi connectivity index (χ1v) is 6.63. The highest BCUT2D eigenvalue weighted by atomic mass is 31.2. The van der Waals surface area contributed by atoms with Crippen LogP contribution < -0.4 is 0 Å². The quantitative estimate of drug-likeness (QED) is 0.608. The number of carbonyl (C=O) groups excluding carboxylic acids is 1. The van der Waals surface area contributed by atoms with Crippen LogP contribution in [0, 0.1) is 11.8 Å². The molecule has 90 valence electrons. The third-order valence-corrected chi connectivity index (χ3v) is 3.80. The largest absolute Gasteiger partial charge is 0.338 e. The molecule has 1 rings (SSSR count). The first kappa shape index (κ1) is 13.7. The topological polar surface area (TPSA) is 52.6 Å². The zero-order valence-corrected chi connectivity index (χ0v) is 10.6. The molecule has 17 heavy (non-hydrogen) atoms. The summed E-state index contributed by atoms with van der Waals surface area (Å²) >= 11 is 0. The number of hydrogen-bond acceptors (Lipinski definition) is 4. The molecule has 0 spiro atoms. The van der Waals surface area contributed by atoms with Crippen molar-refractivity contribution in [3.8, 4) is 11.8 Å². The molecule has 1 aromatic carbocycles. The van der Waals surface area contributed by atoms with Gasteiger partial charge in [0.25, 0.3) is 0 Å². The molecule has 0 aliphatic heterocycles. The normalized spacial score (nSPS) is 10.5. The van der Waals surface area contributed by atoms with E-state index in [0.717, 1.165) is 5.56 Å². The van der Waals surface area contributed by atoms with Crippen molar-refractivity contribution in [2.45, 2.75) is 0 Å².